The monoisotopic (exact) mass is 442 g/mol. The number of nitrogens with one attached hydrogen (secondary N) is 1. The number of hydrogen-bond acceptors (Lipinski definition) is 5. The van der Waals surface area contributed by atoms with E-state index in [0.717, 1.165) is 16.7 Å². The van der Waals surface area contributed by atoms with Crippen LogP contribution < -0.4 is 4.72 Å². The van der Waals surface area contributed by atoms with Gasteiger partial charge in [-0.05, 0) is 72.2 Å². The number of carbonyl (C=O) groups is 1. The minimum Gasteiger partial charge on any atom is -0.386 e. The van der Waals surface area contributed by atoms with E-state index in [4.69, 9.17) is 0 Å². The van der Waals surface area contributed by atoms with Crippen molar-refractivity contribution in [2.45, 2.75) is 70.3 Å². The molecule has 0 aromatic heterocycles. The number of aliphatic hydroxyl groups is 1. The highest BCUT2D eigenvalue weighted by atomic mass is 32.2. The second-order valence-corrected chi connectivity index (χ2v) is 10.5. The molecule has 7 heteroatoms. The number of carbonyl (C=O) groups excluding carboxylic acids is 1. The van der Waals surface area contributed by atoms with Crippen molar-refractivity contribution in [2.75, 3.05) is 0 Å². The molecule has 0 radical (unpaired) electrons. The third kappa shape index (κ3) is 5.93. The van der Waals surface area contributed by atoms with Crippen LogP contribution in [0.15, 0.2) is 41.3 Å². The number of nitrogens with zero attached hydrogens (tertiary/aromatic N) is 1. The molecule has 0 aliphatic carbocycles. The van der Waals surface area contributed by atoms with Crippen LogP contribution >= 0.6 is 0 Å². The molecular weight excluding hydrogens is 412 g/mol. The summed E-state index contributed by atoms with van der Waals surface area (Å²) in [6, 6.07) is 11.6. The second-order valence-electron chi connectivity index (χ2n) is 8.85. The van der Waals surface area contributed by atoms with Crippen molar-refractivity contribution in [3.05, 3.63) is 64.2 Å². The van der Waals surface area contributed by atoms with E-state index in [1.807, 2.05) is 27.7 Å². The van der Waals surface area contributed by atoms with Crippen LogP contribution in [0.3, 0.4) is 0 Å². The molecule has 1 amide bonds. The predicted molar refractivity (Wildman–Crippen MR) is 120 cm³/mol. The Morgan fingerprint density at radius 3 is 2.10 bits per heavy atom. The summed E-state index contributed by atoms with van der Waals surface area (Å²) in [7, 11) is -4.10. The van der Waals surface area contributed by atoms with Crippen LogP contribution in [0.4, 0.5) is 0 Å². The van der Waals surface area contributed by atoms with Gasteiger partial charge in [-0.15, -0.1) is 0 Å². The average Bonchev–Trinajstić information content (AvgIpc) is 2.66. The summed E-state index contributed by atoms with van der Waals surface area (Å²) < 4.78 is 27.7. The summed E-state index contributed by atoms with van der Waals surface area (Å²) in [5.74, 6) is -0.524. The number of nitriles is 1. The average molecular weight is 443 g/mol. The number of sulfonamides is 1. The molecular formula is C24H30N2O4S. The zero-order valence-electron chi connectivity index (χ0n) is 18.9. The zero-order chi connectivity index (χ0) is 23.6. The highest BCUT2D eigenvalue weighted by molar-refractivity contribution is 7.90. The molecule has 0 spiro atoms. The Kier molecular flexibility index (Phi) is 7.30. The Balaban J connectivity index is 2.39. The molecule has 31 heavy (non-hydrogen) atoms. The highest BCUT2D eigenvalue weighted by Gasteiger charge is 2.24. The van der Waals surface area contributed by atoms with E-state index in [1.165, 1.54) is 18.2 Å². The normalized spacial score (nSPS) is 12.1. The smallest absolute Gasteiger partial charge is 0.264 e. The summed E-state index contributed by atoms with van der Waals surface area (Å²) in [5.41, 5.74) is 2.21. The van der Waals surface area contributed by atoms with E-state index in [-0.39, 0.29) is 23.2 Å². The number of benzene rings is 2. The van der Waals surface area contributed by atoms with Gasteiger partial charge in [0.2, 0.25) is 5.91 Å². The Hall–Kier alpha value is -2.69. The van der Waals surface area contributed by atoms with E-state index in [2.05, 4.69) is 10.8 Å². The van der Waals surface area contributed by atoms with Gasteiger partial charge >= 0.3 is 0 Å². The molecule has 2 rings (SSSR count). The van der Waals surface area contributed by atoms with Gasteiger partial charge < -0.3 is 5.11 Å². The maximum absolute atomic E-state index is 12.8. The molecule has 0 bridgehead atoms. The maximum atomic E-state index is 12.8. The van der Waals surface area contributed by atoms with E-state index in [9.17, 15) is 23.6 Å². The summed E-state index contributed by atoms with van der Waals surface area (Å²) in [4.78, 5) is 12.7. The summed E-state index contributed by atoms with van der Waals surface area (Å²) in [6.45, 7) is 11.0. The molecule has 0 saturated heterocycles. The molecule has 0 aliphatic rings. The van der Waals surface area contributed by atoms with Gasteiger partial charge in [-0.2, -0.15) is 5.26 Å². The topological polar surface area (TPSA) is 107 Å². The van der Waals surface area contributed by atoms with Crippen molar-refractivity contribution in [3.8, 4) is 6.07 Å². The lowest BCUT2D eigenvalue weighted by Gasteiger charge is -2.20. The molecule has 6 nitrogen and oxygen atoms in total. The fraction of sp³-hybridized carbons (Fsp3) is 0.417. The SMILES string of the molecule is CC(C)c1cc(C#N)cc(C(C)C)c1CC(=O)NS(=O)(=O)c1cccc(C(C)(C)O)c1. The predicted octanol–water partition coefficient (Wildman–Crippen LogP) is 4.08. The van der Waals surface area contributed by atoms with Crippen molar-refractivity contribution in [3.63, 3.8) is 0 Å². The molecule has 0 aliphatic heterocycles. The van der Waals surface area contributed by atoms with Gasteiger partial charge in [0, 0.05) is 0 Å². The van der Waals surface area contributed by atoms with E-state index in [0.29, 0.717) is 11.1 Å². The first-order valence-corrected chi connectivity index (χ1v) is 11.7. The summed E-state index contributed by atoms with van der Waals surface area (Å²) in [5, 5.41) is 19.5. The molecule has 0 heterocycles. The fourth-order valence-electron chi connectivity index (χ4n) is 3.47. The van der Waals surface area contributed by atoms with Gasteiger partial charge in [-0.25, -0.2) is 13.1 Å². The number of amides is 1. The summed E-state index contributed by atoms with van der Waals surface area (Å²) in [6.07, 6.45) is -0.114. The Bertz CT molecular complexity index is 1090. The Labute approximate surface area is 185 Å². The van der Waals surface area contributed by atoms with Crippen LogP contribution in [0.1, 0.15) is 81.2 Å². The molecule has 0 atom stereocenters. The third-order valence-corrected chi connectivity index (χ3v) is 6.50. The van der Waals surface area contributed by atoms with Gasteiger partial charge in [-0.3, -0.25) is 4.79 Å². The largest absolute Gasteiger partial charge is 0.386 e. The van der Waals surface area contributed by atoms with E-state index < -0.39 is 21.5 Å². The van der Waals surface area contributed by atoms with Crippen molar-refractivity contribution in [1.29, 1.82) is 5.26 Å². The van der Waals surface area contributed by atoms with Gasteiger partial charge in [-0.1, -0.05) is 39.8 Å². The van der Waals surface area contributed by atoms with Gasteiger partial charge in [0.05, 0.1) is 28.6 Å². The first-order chi connectivity index (χ1) is 14.3. The molecule has 0 saturated carbocycles. The minimum absolute atomic E-state index is 0.0636. The van der Waals surface area contributed by atoms with Crippen LogP contribution in [0, 0.1) is 11.3 Å². The third-order valence-electron chi connectivity index (χ3n) is 5.13. The van der Waals surface area contributed by atoms with E-state index in [1.54, 1.807) is 32.0 Å². The molecule has 0 unspecified atom stereocenters. The van der Waals surface area contributed by atoms with Crippen LogP contribution in [0.25, 0.3) is 0 Å². The molecule has 2 aromatic carbocycles. The van der Waals surface area contributed by atoms with Crippen molar-refractivity contribution >= 4 is 15.9 Å². The zero-order valence-corrected chi connectivity index (χ0v) is 19.7. The lowest BCUT2D eigenvalue weighted by Crippen LogP contribution is -2.32. The first kappa shape index (κ1) is 24.6. The minimum atomic E-state index is -4.10. The van der Waals surface area contributed by atoms with Crippen molar-refractivity contribution in [2.24, 2.45) is 0 Å². The van der Waals surface area contributed by atoms with Crippen LogP contribution in [-0.4, -0.2) is 19.4 Å². The molecule has 2 N–H and O–H groups in total. The van der Waals surface area contributed by atoms with Gasteiger partial charge in [0.25, 0.3) is 10.0 Å². The quantitative estimate of drug-likeness (QED) is 0.672. The molecule has 0 fully saturated rings. The lowest BCUT2D eigenvalue weighted by molar-refractivity contribution is -0.118. The fourth-order valence-corrected chi connectivity index (χ4v) is 4.50. The summed E-state index contributed by atoms with van der Waals surface area (Å²) >= 11 is 0. The lowest BCUT2D eigenvalue weighted by atomic mass is 9.85. The van der Waals surface area contributed by atoms with Gasteiger partial charge in [0.1, 0.15) is 0 Å². The Morgan fingerprint density at radius 1 is 1.10 bits per heavy atom. The van der Waals surface area contributed by atoms with Gasteiger partial charge in [0.15, 0.2) is 0 Å². The van der Waals surface area contributed by atoms with Crippen molar-refractivity contribution < 1.29 is 18.3 Å². The van der Waals surface area contributed by atoms with Crippen LogP contribution in [0.2, 0.25) is 0 Å². The van der Waals surface area contributed by atoms with Crippen LogP contribution in [-0.2, 0) is 26.8 Å². The Morgan fingerprint density at radius 2 is 1.65 bits per heavy atom. The van der Waals surface area contributed by atoms with Crippen molar-refractivity contribution in [1.82, 2.24) is 4.72 Å². The first-order valence-electron chi connectivity index (χ1n) is 10.2. The number of rotatable bonds is 7. The standard InChI is InChI=1S/C24H30N2O4S/c1-15(2)20-10-17(14-25)11-21(16(3)4)22(20)13-23(27)26-31(29,30)19-9-7-8-18(12-19)24(5,6)28/h7-12,15-16,28H,13H2,1-6H3,(H,26,27). The van der Waals surface area contributed by atoms with Crippen LogP contribution in [0.5, 0.6) is 0 Å². The molecule has 166 valence electrons. The maximum Gasteiger partial charge on any atom is 0.264 e. The second kappa shape index (κ2) is 9.21. The molecule has 2 aromatic rings. The number of hydrogen-bond donors (Lipinski definition) is 2. The van der Waals surface area contributed by atoms with E-state index >= 15 is 0 Å². The highest BCUT2D eigenvalue weighted by Crippen LogP contribution is 2.30.